The Morgan fingerprint density at radius 3 is 2.44 bits per heavy atom. The maximum Gasteiger partial charge on any atom is 0.339 e. The van der Waals surface area contributed by atoms with Crippen LogP contribution >= 0.6 is 0 Å². The molecule has 2 rings (SSSR count). The van der Waals surface area contributed by atoms with Crippen molar-refractivity contribution in [2.75, 3.05) is 20.3 Å². The van der Waals surface area contributed by atoms with E-state index in [0.717, 1.165) is 0 Å². The van der Waals surface area contributed by atoms with E-state index in [9.17, 15) is 18.5 Å². The van der Waals surface area contributed by atoms with Gasteiger partial charge in [-0.15, -0.1) is 0 Å². The third-order valence-electron chi connectivity index (χ3n) is 3.24. The molecule has 0 heterocycles. The Kier molecular flexibility index (Phi) is 5.94. The molecule has 2 aromatic carbocycles. The van der Waals surface area contributed by atoms with Crippen molar-refractivity contribution in [3.63, 3.8) is 0 Å². The number of para-hydroxylation sites is 2. The SMILES string of the molecule is COCCOc1ccc(S(=O)(=O)Oc2ccccc2[N+](=O)[O-])cc1C. The van der Waals surface area contributed by atoms with E-state index in [-0.39, 0.29) is 10.6 Å². The Bertz CT molecular complexity index is 865. The highest BCUT2D eigenvalue weighted by Gasteiger charge is 2.23. The zero-order valence-electron chi connectivity index (χ0n) is 13.7. The molecular formula is C16H17NO7S. The van der Waals surface area contributed by atoms with Gasteiger partial charge in [-0.1, -0.05) is 12.1 Å². The molecule has 0 fully saturated rings. The molecule has 0 N–H and O–H groups in total. The van der Waals surface area contributed by atoms with Gasteiger partial charge in [0.2, 0.25) is 5.75 Å². The van der Waals surface area contributed by atoms with Crippen LogP contribution in [0.5, 0.6) is 11.5 Å². The first kappa shape index (κ1) is 18.7. The van der Waals surface area contributed by atoms with Crippen molar-refractivity contribution >= 4 is 15.8 Å². The van der Waals surface area contributed by atoms with E-state index in [4.69, 9.17) is 13.7 Å². The highest BCUT2D eigenvalue weighted by Crippen LogP contribution is 2.30. The van der Waals surface area contributed by atoms with Gasteiger partial charge in [0.15, 0.2) is 0 Å². The Morgan fingerprint density at radius 2 is 1.80 bits per heavy atom. The molecular weight excluding hydrogens is 350 g/mol. The number of methoxy groups -OCH3 is 1. The molecule has 0 unspecified atom stereocenters. The Morgan fingerprint density at radius 1 is 1.08 bits per heavy atom. The van der Waals surface area contributed by atoms with Crippen LogP contribution in [0, 0.1) is 17.0 Å². The number of ether oxygens (including phenoxy) is 2. The lowest BCUT2D eigenvalue weighted by Crippen LogP contribution is -2.11. The zero-order valence-corrected chi connectivity index (χ0v) is 14.5. The quantitative estimate of drug-likeness (QED) is 0.306. The molecule has 0 aliphatic rings. The molecule has 25 heavy (non-hydrogen) atoms. The van der Waals surface area contributed by atoms with E-state index in [1.54, 1.807) is 14.0 Å². The molecule has 9 heteroatoms. The molecule has 0 amide bonds. The summed E-state index contributed by atoms with van der Waals surface area (Å²) in [6.07, 6.45) is 0. The smallest absolute Gasteiger partial charge is 0.339 e. The maximum absolute atomic E-state index is 12.4. The number of hydrogen-bond acceptors (Lipinski definition) is 7. The van der Waals surface area contributed by atoms with Gasteiger partial charge in [-0.3, -0.25) is 10.1 Å². The van der Waals surface area contributed by atoms with Gasteiger partial charge in [0.1, 0.15) is 17.3 Å². The van der Waals surface area contributed by atoms with Gasteiger partial charge in [0.05, 0.1) is 11.5 Å². The maximum atomic E-state index is 12.4. The van der Waals surface area contributed by atoms with E-state index >= 15 is 0 Å². The van der Waals surface area contributed by atoms with Crippen LogP contribution in [0.3, 0.4) is 0 Å². The lowest BCUT2D eigenvalue weighted by molar-refractivity contribution is -0.385. The number of nitro benzene ring substituents is 1. The molecule has 0 saturated carbocycles. The standard InChI is InChI=1S/C16H17NO7S/c1-12-11-13(7-8-15(12)23-10-9-22-2)25(20,21)24-16-6-4-3-5-14(16)17(18)19/h3-8,11H,9-10H2,1-2H3. The average molecular weight is 367 g/mol. The van der Waals surface area contributed by atoms with Crippen molar-refractivity contribution in [2.24, 2.45) is 0 Å². The largest absolute Gasteiger partial charge is 0.491 e. The fraction of sp³-hybridized carbons (Fsp3) is 0.250. The monoisotopic (exact) mass is 367 g/mol. The van der Waals surface area contributed by atoms with Gasteiger partial charge in [0, 0.05) is 13.2 Å². The van der Waals surface area contributed by atoms with Gasteiger partial charge in [-0.05, 0) is 36.8 Å². The van der Waals surface area contributed by atoms with Crippen molar-refractivity contribution in [3.8, 4) is 11.5 Å². The molecule has 0 aromatic heterocycles. The number of rotatable bonds is 8. The third-order valence-corrected chi connectivity index (χ3v) is 4.47. The summed E-state index contributed by atoms with van der Waals surface area (Å²) in [5, 5.41) is 11.0. The molecule has 134 valence electrons. The topological polar surface area (TPSA) is 105 Å². The van der Waals surface area contributed by atoms with Gasteiger partial charge < -0.3 is 13.7 Å². The summed E-state index contributed by atoms with van der Waals surface area (Å²) in [6, 6.07) is 9.48. The fourth-order valence-corrected chi connectivity index (χ4v) is 3.05. The van der Waals surface area contributed by atoms with Crippen molar-refractivity contribution < 1.29 is 27.0 Å². The highest BCUT2D eigenvalue weighted by atomic mass is 32.2. The third kappa shape index (κ3) is 4.68. The Labute approximate surface area is 145 Å². The number of hydrogen-bond donors (Lipinski definition) is 0. The number of aryl methyl sites for hydroxylation is 1. The summed E-state index contributed by atoms with van der Waals surface area (Å²) in [7, 11) is -2.67. The number of nitro groups is 1. The first-order chi connectivity index (χ1) is 11.8. The van der Waals surface area contributed by atoms with Crippen LogP contribution in [0.15, 0.2) is 47.4 Å². The summed E-state index contributed by atoms with van der Waals surface area (Å²) in [4.78, 5) is 10.1. The van der Waals surface area contributed by atoms with Crippen molar-refractivity contribution in [1.82, 2.24) is 0 Å². The van der Waals surface area contributed by atoms with Crippen LogP contribution in [0.4, 0.5) is 5.69 Å². The molecule has 0 saturated heterocycles. The van der Waals surface area contributed by atoms with Gasteiger partial charge in [0.25, 0.3) is 0 Å². The second-order valence-electron chi connectivity index (χ2n) is 5.03. The van der Waals surface area contributed by atoms with Crippen LogP contribution in [0.2, 0.25) is 0 Å². The molecule has 0 spiro atoms. The van der Waals surface area contributed by atoms with Crippen LogP contribution < -0.4 is 8.92 Å². The molecule has 0 radical (unpaired) electrons. The van der Waals surface area contributed by atoms with Crippen LogP contribution in [-0.2, 0) is 14.9 Å². The summed E-state index contributed by atoms with van der Waals surface area (Å²) in [5.74, 6) is 0.173. The highest BCUT2D eigenvalue weighted by molar-refractivity contribution is 7.87. The summed E-state index contributed by atoms with van der Waals surface area (Å²) < 4.78 is 40.1. The predicted molar refractivity (Wildman–Crippen MR) is 89.5 cm³/mol. The summed E-state index contributed by atoms with van der Waals surface area (Å²) >= 11 is 0. The van der Waals surface area contributed by atoms with E-state index in [0.29, 0.717) is 24.5 Å². The fourth-order valence-electron chi connectivity index (χ4n) is 2.02. The van der Waals surface area contributed by atoms with Gasteiger partial charge in [-0.2, -0.15) is 8.42 Å². The van der Waals surface area contributed by atoms with E-state index in [1.165, 1.54) is 42.5 Å². The minimum Gasteiger partial charge on any atom is -0.491 e. The molecule has 0 atom stereocenters. The second kappa shape index (κ2) is 7.95. The van der Waals surface area contributed by atoms with E-state index in [1.807, 2.05) is 0 Å². The van der Waals surface area contributed by atoms with Gasteiger partial charge in [-0.25, -0.2) is 0 Å². The molecule has 8 nitrogen and oxygen atoms in total. The van der Waals surface area contributed by atoms with E-state index < -0.39 is 20.7 Å². The zero-order chi connectivity index (χ0) is 18.4. The average Bonchev–Trinajstić information content (AvgIpc) is 2.56. The van der Waals surface area contributed by atoms with Crippen molar-refractivity contribution in [3.05, 3.63) is 58.1 Å². The molecule has 0 aliphatic heterocycles. The van der Waals surface area contributed by atoms with Gasteiger partial charge >= 0.3 is 15.8 Å². The summed E-state index contributed by atoms with van der Waals surface area (Å²) in [6.45, 7) is 2.42. The minimum absolute atomic E-state index is 0.123. The lowest BCUT2D eigenvalue weighted by atomic mass is 10.2. The second-order valence-corrected chi connectivity index (χ2v) is 6.58. The van der Waals surface area contributed by atoms with Crippen LogP contribution in [-0.4, -0.2) is 33.7 Å². The predicted octanol–water partition coefficient (Wildman–Crippen LogP) is 2.70. The number of nitrogens with zero attached hydrogens (tertiary/aromatic N) is 1. The minimum atomic E-state index is -4.22. The molecule has 2 aromatic rings. The Hall–Kier alpha value is -2.65. The first-order valence-electron chi connectivity index (χ1n) is 7.25. The van der Waals surface area contributed by atoms with Crippen molar-refractivity contribution in [2.45, 2.75) is 11.8 Å². The van der Waals surface area contributed by atoms with E-state index in [2.05, 4.69) is 0 Å². The number of benzene rings is 2. The van der Waals surface area contributed by atoms with Crippen LogP contribution in [0.25, 0.3) is 0 Å². The Balaban J connectivity index is 2.26. The normalized spacial score (nSPS) is 11.1. The molecule has 0 bridgehead atoms. The molecule has 0 aliphatic carbocycles. The first-order valence-corrected chi connectivity index (χ1v) is 8.66. The van der Waals surface area contributed by atoms with Crippen LogP contribution in [0.1, 0.15) is 5.56 Å². The van der Waals surface area contributed by atoms with Crippen molar-refractivity contribution in [1.29, 1.82) is 0 Å². The lowest BCUT2D eigenvalue weighted by Gasteiger charge is -2.11. The summed E-state index contributed by atoms with van der Waals surface area (Å²) in [5.41, 5.74) is 0.158.